The predicted molar refractivity (Wildman–Crippen MR) is 142 cm³/mol. The Labute approximate surface area is 221 Å². The van der Waals surface area contributed by atoms with Crippen LogP contribution in [0.15, 0.2) is 60.8 Å². The summed E-state index contributed by atoms with van der Waals surface area (Å²) in [6.07, 6.45) is 1.12. The zero-order valence-corrected chi connectivity index (χ0v) is 22.2. The lowest BCUT2D eigenvalue weighted by Crippen LogP contribution is -2.61. The maximum atomic E-state index is 13.3. The molecule has 38 heavy (non-hydrogen) atoms. The Bertz CT molecular complexity index is 1300. The molecule has 2 aromatic carbocycles. The number of nitrogens with one attached hydrogen (secondary N) is 4. The molecule has 1 atom stereocenters. The molecule has 10 nitrogen and oxygen atoms in total. The molecule has 10 heteroatoms. The number of hydrogen-bond donors (Lipinski definition) is 4. The summed E-state index contributed by atoms with van der Waals surface area (Å²) >= 11 is 0. The fourth-order valence-corrected chi connectivity index (χ4v) is 3.84. The first-order valence-electron chi connectivity index (χ1n) is 12.2. The molecule has 0 aliphatic rings. The molecule has 1 heterocycles. The van der Waals surface area contributed by atoms with E-state index in [0.717, 1.165) is 22.0 Å². The Balaban J connectivity index is 1.75. The third kappa shape index (κ3) is 7.12. The van der Waals surface area contributed by atoms with Crippen molar-refractivity contribution in [1.29, 1.82) is 0 Å². The van der Waals surface area contributed by atoms with Crippen LogP contribution in [0.4, 0.5) is 4.79 Å². The third-order valence-electron chi connectivity index (χ3n) is 6.05. The number of hydrogen-bond acceptors (Lipinski definition) is 6. The molecule has 1 aromatic heterocycles. The first kappa shape index (κ1) is 28.2. The van der Waals surface area contributed by atoms with Crippen LogP contribution >= 0.6 is 0 Å². The van der Waals surface area contributed by atoms with E-state index < -0.39 is 41.0 Å². The van der Waals surface area contributed by atoms with Crippen molar-refractivity contribution >= 4 is 34.8 Å². The number of carbonyl (C=O) groups is 4. The summed E-state index contributed by atoms with van der Waals surface area (Å²) in [5.74, 6) is -1.82. The van der Waals surface area contributed by atoms with Crippen LogP contribution in [0, 0.1) is 0 Å². The van der Waals surface area contributed by atoms with Crippen LogP contribution in [0.3, 0.4) is 0 Å². The number of benzene rings is 2. The van der Waals surface area contributed by atoms with Crippen molar-refractivity contribution in [3.05, 3.63) is 71.9 Å². The standard InChI is InChI=1S/C28H34N4O6/c1-27(2,32-26(36)38-17-18-11-7-6-8-12-18)24(34)30-22(23(33)31-28(3,4)25(35)37-5)15-19-16-29-21-14-10-9-13-20(19)21/h6-14,16,22,29H,15,17H2,1-5H3,(H,30,34)(H,31,33)(H,32,36)/t22-/m0/s1. The number of amides is 3. The van der Waals surface area contributed by atoms with E-state index in [1.165, 1.54) is 34.8 Å². The zero-order chi connectivity index (χ0) is 27.9. The molecule has 0 aliphatic heterocycles. The average Bonchev–Trinajstić information content (AvgIpc) is 3.29. The van der Waals surface area contributed by atoms with Gasteiger partial charge in [-0.1, -0.05) is 48.5 Å². The van der Waals surface area contributed by atoms with E-state index in [1.54, 1.807) is 6.20 Å². The van der Waals surface area contributed by atoms with E-state index in [0.29, 0.717) is 0 Å². The molecule has 0 bridgehead atoms. The van der Waals surface area contributed by atoms with Crippen molar-refractivity contribution in [2.45, 2.75) is 57.8 Å². The topological polar surface area (TPSA) is 139 Å². The summed E-state index contributed by atoms with van der Waals surface area (Å²) in [5.41, 5.74) is -0.265. The summed E-state index contributed by atoms with van der Waals surface area (Å²) in [7, 11) is 1.23. The van der Waals surface area contributed by atoms with Gasteiger partial charge in [0, 0.05) is 23.5 Å². The normalized spacial score (nSPS) is 12.3. The monoisotopic (exact) mass is 522 g/mol. The van der Waals surface area contributed by atoms with Gasteiger partial charge in [-0.2, -0.15) is 0 Å². The van der Waals surface area contributed by atoms with E-state index in [-0.39, 0.29) is 13.0 Å². The van der Waals surface area contributed by atoms with Gasteiger partial charge in [0.1, 0.15) is 23.7 Å². The molecule has 0 unspecified atom stereocenters. The molecular formula is C28H34N4O6. The third-order valence-corrected chi connectivity index (χ3v) is 6.05. The van der Waals surface area contributed by atoms with Crippen molar-refractivity contribution in [2.24, 2.45) is 0 Å². The summed E-state index contributed by atoms with van der Waals surface area (Å²) < 4.78 is 10.0. The lowest BCUT2D eigenvalue weighted by Gasteiger charge is -2.30. The van der Waals surface area contributed by atoms with E-state index in [4.69, 9.17) is 9.47 Å². The molecule has 3 rings (SSSR count). The number of H-pyrrole nitrogens is 1. The van der Waals surface area contributed by atoms with Gasteiger partial charge >= 0.3 is 12.1 Å². The fraction of sp³-hybridized carbons (Fsp3) is 0.357. The fourth-order valence-electron chi connectivity index (χ4n) is 3.84. The minimum absolute atomic E-state index is 0.0403. The Hall–Kier alpha value is -4.34. The SMILES string of the molecule is COC(=O)C(C)(C)NC(=O)[C@H](Cc1c[nH]c2ccccc12)NC(=O)C(C)(C)NC(=O)OCc1ccccc1. The van der Waals surface area contributed by atoms with Crippen molar-refractivity contribution in [3.63, 3.8) is 0 Å². The zero-order valence-electron chi connectivity index (χ0n) is 22.2. The number of aromatic amines is 1. The van der Waals surface area contributed by atoms with Gasteiger partial charge in [0.2, 0.25) is 11.8 Å². The first-order chi connectivity index (χ1) is 17.9. The molecule has 0 aliphatic carbocycles. The van der Waals surface area contributed by atoms with Crippen molar-refractivity contribution in [1.82, 2.24) is 20.9 Å². The number of carbonyl (C=O) groups excluding carboxylic acids is 4. The Morgan fingerprint density at radius 3 is 2.24 bits per heavy atom. The van der Waals surface area contributed by atoms with Gasteiger partial charge in [-0.05, 0) is 44.9 Å². The maximum Gasteiger partial charge on any atom is 0.408 e. The Morgan fingerprint density at radius 1 is 0.895 bits per heavy atom. The van der Waals surface area contributed by atoms with Crippen LogP contribution in [-0.2, 0) is 36.9 Å². The highest BCUT2D eigenvalue weighted by Gasteiger charge is 2.37. The van der Waals surface area contributed by atoms with Gasteiger partial charge in [0.15, 0.2) is 0 Å². The van der Waals surface area contributed by atoms with Crippen LogP contribution in [0.2, 0.25) is 0 Å². The Kier molecular flexibility index (Phi) is 8.77. The van der Waals surface area contributed by atoms with Gasteiger partial charge in [0.05, 0.1) is 7.11 Å². The number of fused-ring (bicyclic) bond motifs is 1. The highest BCUT2D eigenvalue weighted by Crippen LogP contribution is 2.20. The van der Waals surface area contributed by atoms with Crippen LogP contribution in [0.5, 0.6) is 0 Å². The number of aromatic nitrogens is 1. The van der Waals surface area contributed by atoms with Gasteiger partial charge in [-0.15, -0.1) is 0 Å². The van der Waals surface area contributed by atoms with Gasteiger partial charge < -0.3 is 30.4 Å². The lowest BCUT2D eigenvalue weighted by molar-refractivity contribution is -0.149. The smallest absolute Gasteiger partial charge is 0.408 e. The second-order valence-electron chi connectivity index (χ2n) is 10.0. The van der Waals surface area contributed by atoms with Crippen LogP contribution in [0.25, 0.3) is 10.9 Å². The van der Waals surface area contributed by atoms with Gasteiger partial charge in [-0.3, -0.25) is 9.59 Å². The van der Waals surface area contributed by atoms with E-state index in [1.807, 2.05) is 54.6 Å². The number of ether oxygens (including phenoxy) is 2. The van der Waals surface area contributed by atoms with E-state index >= 15 is 0 Å². The lowest BCUT2D eigenvalue weighted by atomic mass is 9.99. The molecule has 0 radical (unpaired) electrons. The maximum absolute atomic E-state index is 13.3. The highest BCUT2D eigenvalue weighted by atomic mass is 16.5. The van der Waals surface area contributed by atoms with Gasteiger partial charge in [0.25, 0.3) is 0 Å². The second-order valence-corrected chi connectivity index (χ2v) is 10.0. The number of methoxy groups -OCH3 is 1. The van der Waals surface area contributed by atoms with Gasteiger partial charge in [-0.25, -0.2) is 9.59 Å². The van der Waals surface area contributed by atoms with E-state index in [2.05, 4.69) is 20.9 Å². The average molecular weight is 523 g/mol. The number of para-hydroxylation sites is 1. The molecule has 0 fully saturated rings. The van der Waals surface area contributed by atoms with Crippen LogP contribution in [0.1, 0.15) is 38.8 Å². The molecule has 202 valence electrons. The molecule has 3 aromatic rings. The Morgan fingerprint density at radius 2 is 1.55 bits per heavy atom. The molecular weight excluding hydrogens is 488 g/mol. The summed E-state index contributed by atoms with van der Waals surface area (Å²) in [6, 6.07) is 15.6. The van der Waals surface area contributed by atoms with E-state index in [9.17, 15) is 19.2 Å². The summed E-state index contributed by atoms with van der Waals surface area (Å²) in [6.45, 7) is 6.07. The summed E-state index contributed by atoms with van der Waals surface area (Å²) in [4.78, 5) is 54.3. The van der Waals surface area contributed by atoms with Crippen molar-refractivity contribution in [2.75, 3.05) is 7.11 Å². The van der Waals surface area contributed by atoms with Crippen LogP contribution < -0.4 is 16.0 Å². The molecule has 3 amide bonds. The predicted octanol–water partition coefficient (Wildman–Crippen LogP) is 2.97. The molecule has 0 spiro atoms. The molecule has 0 saturated carbocycles. The summed E-state index contributed by atoms with van der Waals surface area (Å²) in [5, 5.41) is 8.83. The quantitative estimate of drug-likeness (QED) is 0.302. The van der Waals surface area contributed by atoms with Crippen molar-refractivity contribution in [3.8, 4) is 0 Å². The second kappa shape index (κ2) is 11.8. The number of esters is 1. The number of alkyl carbamates (subject to hydrolysis) is 1. The van der Waals surface area contributed by atoms with Crippen molar-refractivity contribution < 1.29 is 28.7 Å². The first-order valence-corrected chi connectivity index (χ1v) is 12.2. The molecule has 0 saturated heterocycles. The number of rotatable bonds is 10. The molecule has 4 N–H and O–H groups in total. The largest absolute Gasteiger partial charge is 0.467 e. The highest BCUT2D eigenvalue weighted by molar-refractivity contribution is 5.96. The minimum Gasteiger partial charge on any atom is -0.467 e. The van der Waals surface area contributed by atoms with Crippen LogP contribution in [-0.4, -0.2) is 53.1 Å². The minimum atomic E-state index is -1.41.